The van der Waals surface area contributed by atoms with Crippen molar-refractivity contribution in [3.8, 4) is 0 Å². The molecule has 2 aliphatic rings. The summed E-state index contributed by atoms with van der Waals surface area (Å²) in [5.74, 6) is 0.456. The fraction of sp³-hybridized carbons (Fsp3) is 0.611. The Morgan fingerprint density at radius 3 is 2.64 bits per heavy atom. The van der Waals surface area contributed by atoms with Crippen molar-refractivity contribution >= 4 is 17.5 Å². The van der Waals surface area contributed by atoms with Gasteiger partial charge in [-0.05, 0) is 51.8 Å². The molecule has 1 aromatic carbocycles. The van der Waals surface area contributed by atoms with Crippen LogP contribution in [0.2, 0.25) is 5.02 Å². The summed E-state index contributed by atoms with van der Waals surface area (Å²) in [7, 11) is 0. The van der Waals surface area contributed by atoms with Gasteiger partial charge < -0.3 is 10.2 Å². The standard InChI is InChI=1S/C18H25ClN2O/c1-17(2,3)21-11-14(13-7-4-5-8-15(13)19)18(16(21)22)9-6-10-20-12-18/h4-5,7-8,14,20H,6,9-12H2,1-3H3/t14-,18+/m0/s1. The number of hydrogen-bond acceptors (Lipinski definition) is 2. The second-order valence-corrected chi connectivity index (χ2v) is 8.00. The van der Waals surface area contributed by atoms with Gasteiger partial charge in [-0.25, -0.2) is 0 Å². The molecule has 4 heteroatoms. The zero-order valence-corrected chi connectivity index (χ0v) is 14.4. The highest BCUT2D eigenvalue weighted by molar-refractivity contribution is 6.31. The van der Waals surface area contributed by atoms with Gasteiger partial charge in [-0.15, -0.1) is 0 Å². The van der Waals surface area contributed by atoms with E-state index < -0.39 is 0 Å². The number of carbonyl (C=O) groups is 1. The third-order valence-electron chi connectivity index (χ3n) is 5.21. The third-order valence-corrected chi connectivity index (χ3v) is 5.55. The largest absolute Gasteiger partial charge is 0.337 e. The minimum Gasteiger partial charge on any atom is -0.337 e. The van der Waals surface area contributed by atoms with E-state index in [-0.39, 0.29) is 22.8 Å². The average molecular weight is 321 g/mol. The highest BCUT2D eigenvalue weighted by Crippen LogP contribution is 2.50. The van der Waals surface area contributed by atoms with Gasteiger partial charge in [0.05, 0.1) is 5.41 Å². The molecule has 3 rings (SSSR count). The molecule has 22 heavy (non-hydrogen) atoms. The van der Waals surface area contributed by atoms with Gasteiger partial charge in [0.15, 0.2) is 0 Å². The molecule has 0 bridgehead atoms. The minimum atomic E-state index is -0.337. The first kappa shape index (κ1) is 15.8. The van der Waals surface area contributed by atoms with E-state index in [1.54, 1.807) is 0 Å². The fourth-order valence-electron chi connectivity index (χ4n) is 4.00. The Morgan fingerprint density at radius 1 is 1.32 bits per heavy atom. The second-order valence-electron chi connectivity index (χ2n) is 7.60. The predicted octanol–water partition coefficient (Wildman–Crippen LogP) is 3.43. The van der Waals surface area contributed by atoms with Gasteiger partial charge in [-0.2, -0.15) is 0 Å². The molecule has 1 aromatic rings. The van der Waals surface area contributed by atoms with Crippen LogP contribution in [0.3, 0.4) is 0 Å². The van der Waals surface area contributed by atoms with E-state index in [0.29, 0.717) is 0 Å². The van der Waals surface area contributed by atoms with E-state index in [9.17, 15) is 4.79 Å². The fourth-order valence-corrected chi connectivity index (χ4v) is 4.27. The Balaban J connectivity index is 2.06. The van der Waals surface area contributed by atoms with Crippen molar-refractivity contribution in [3.63, 3.8) is 0 Å². The lowest BCUT2D eigenvalue weighted by molar-refractivity contribution is -0.141. The van der Waals surface area contributed by atoms with Crippen molar-refractivity contribution in [1.82, 2.24) is 10.2 Å². The van der Waals surface area contributed by atoms with Crippen molar-refractivity contribution < 1.29 is 4.79 Å². The summed E-state index contributed by atoms with van der Waals surface area (Å²) in [4.78, 5) is 15.3. The molecular weight excluding hydrogens is 296 g/mol. The van der Waals surface area contributed by atoms with E-state index in [1.165, 1.54) is 0 Å². The number of amides is 1. The smallest absolute Gasteiger partial charge is 0.231 e. The van der Waals surface area contributed by atoms with Gasteiger partial charge in [0, 0.05) is 29.6 Å². The van der Waals surface area contributed by atoms with Crippen LogP contribution in [-0.4, -0.2) is 36.0 Å². The molecule has 2 fully saturated rings. The van der Waals surface area contributed by atoms with Crippen LogP contribution in [0.1, 0.15) is 45.1 Å². The monoisotopic (exact) mass is 320 g/mol. The summed E-state index contributed by atoms with van der Waals surface area (Å²) in [5.41, 5.74) is 0.626. The predicted molar refractivity (Wildman–Crippen MR) is 90.2 cm³/mol. The Bertz CT molecular complexity index is 573. The maximum absolute atomic E-state index is 13.3. The van der Waals surface area contributed by atoms with Gasteiger partial charge in [0.1, 0.15) is 0 Å². The molecule has 2 saturated heterocycles. The molecule has 2 aliphatic heterocycles. The van der Waals surface area contributed by atoms with Gasteiger partial charge in [-0.1, -0.05) is 29.8 Å². The molecule has 0 saturated carbocycles. The van der Waals surface area contributed by atoms with Gasteiger partial charge in [0.2, 0.25) is 5.91 Å². The van der Waals surface area contributed by atoms with E-state index in [1.807, 2.05) is 23.1 Å². The first-order chi connectivity index (χ1) is 10.4. The minimum absolute atomic E-state index is 0.155. The zero-order chi connectivity index (χ0) is 16.0. The van der Waals surface area contributed by atoms with Gasteiger partial charge in [0.25, 0.3) is 0 Å². The molecule has 0 aromatic heterocycles. The lowest BCUT2D eigenvalue weighted by atomic mass is 9.69. The normalized spacial score (nSPS) is 29.4. The molecule has 0 aliphatic carbocycles. The van der Waals surface area contributed by atoms with Crippen LogP contribution in [0.4, 0.5) is 0 Å². The van der Waals surface area contributed by atoms with Crippen molar-refractivity contribution in [3.05, 3.63) is 34.9 Å². The number of likely N-dealkylation sites (tertiary alicyclic amines) is 1. The molecule has 1 amide bonds. The van der Waals surface area contributed by atoms with Crippen molar-refractivity contribution in [2.45, 2.75) is 45.1 Å². The van der Waals surface area contributed by atoms with Crippen LogP contribution in [0.5, 0.6) is 0 Å². The van der Waals surface area contributed by atoms with Crippen LogP contribution in [0, 0.1) is 5.41 Å². The van der Waals surface area contributed by atoms with E-state index >= 15 is 0 Å². The van der Waals surface area contributed by atoms with Gasteiger partial charge >= 0.3 is 0 Å². The molecule has 1 spiro atoms. The SMILES string of the molecule is CC(C)(C)N1C[C@@H](c2ccccc2Cl)[C@]2(CCCNC2)C1=O. The Hall–Kier alpha value is -1.06. The van der Waals surface area contributed by atoms with Crippen LogP contribution in [0.15, 0.2) is 24.3 Å². The maximum Gasteiger partial charge on any atom is 0.231 e. The van der Waals surface area contributed by atoms with Crippen molar-refractivity contribution in [1.29, 1.82) is 0 Å². The molecule has 2 heterocycles. The molecule has 120 valence electrons. The summed E-state index contributed by atoms with van der Waals surface area (Å²) >= 11 is 6.47. The first-order valence-electron chi connectivity index (χ1n) is 8.13. The molecular formula is C18H25ClN2O. The summed E-state index contributed by atoms with van der Waals surface area (Å²) < 4.78 is 0. The number of nitrogens with one attached hydrogen (secondary N) is 1. The number of piperidine rings is 1. The summed E-state index contributed by atoms with van der Waals surface area (Å²) in [5, 5.41) is 4.23. The molecule has 0 unspecified atom stereocenters. The second kappa shape index (κ2) is 5.54. The van der Waals surface area contributed by atoms with Crippen LogP contribution in [0.25, 0.3) is 0 Å². The number of rotatable bonds is 1. The molecule has 1 N–H and O–H groups in total. The average Bonchev–Trinajstić information content (AvgIpc) is 2.74. The zero-order valence-electron chi connectivity index (χ0n) is 13.7. The quantitative estimate of drug-likeness (QED) is 0.859. The number of halogens is 1. The van der Waals surface area contributed by atoms with E-state index in [4.69, 9.17) is 11.6 Å². The highest BCUT2D eigenvalue weighted by atomic mass is 35.5. The topological polar surface area (TPSA) is 32.3 Å². The Morgan fingerprint density at radius 2 is 2.05 bits per heavy atom. The number of hydrogen-bond donors (Lipinski definition) is 1. The third kappa shape index (κ3) is 2.44. The van der Waals surface area contributed by atoms with Crippen LogP contribution < -0.4 is 5.32 Å². The lowest BCUT2D eigenvalue weighted by Crippen LogP contribution is -2.50. The highest BCUT2D eigenvalue weighted by Gasteiger charge is 2.56. The number of nitrogens with zero attached hydrogens (tertiary/aromatic N) is 1. The summed E-state index contributed by atoms with van der Waals surface area (Å²) in [6, 6.07) is 8.00. The first-order valence-corrected chi connectivity index (χ1v) is 8.51. The molecule has 0 radical (unpaired) electrons. The maximum atomic E-state index is 13.3. The van der Waals surface area contributed by atoms with Gasteiger partial charge in [-0.3, -0.25) is 4.79 Å². The Labute approximate surface area is 138 Å². The molecule has 3 nitrogen and oxygen atoms in total. The summed E-state index contributed by atoms with van der Waals surface area (Å²) in [6.45, 7) is 8.86. The molecule has 2 atom stereocenters. The number of benzene rings is 1. The van der Waals surface area contributed by atoms with Crippen LogP contribution in [-0.2, 0) is 4.79 Å². The van der Waals surface area contributed by atoms with E-state index in [2.05, 4.69) is 32.2 Å². The lowest BCUT2D eigenvalue weighted by Gasteiger charge is -2.38. The summed E-state index contributed by atoms with van der Waals surface area (Å²) in [6.07, 6.45) is 1.99. The van der Waals surface area contributed by atoms with Crippen LogP contribution >= 0.6 is 11.6 Å². The van der Waals surface area contributed by atoms with Crippen molar-refractivity contribution in [2.75, 3.05) is 19.6 Å². The van der Waals surface area contributed by atoms with Crippen molar-refractivity contribution in [2.24, 2.45) is 5.41 Å². The van der Waals surface area contributed by atoms with E-state index in [0.717, 1.165) is 43.1 Å². The Kier molecular flexibility index (Phi) is 3.98. The number of carbonyl (C=O) groups excluding carboxylic acids is 1.